The van der Waals surface area contributed by atoms with E-state index in [9.17, 15) is 9.59 Å². The molecule has 3 rings (SSSR count). The van der Waals surface area contributed by atoms with Gasteiger partial charge in [0.15, 0.2) is 5.65 Å². The molecule has 7 nitrogen and oxygen atoms in total. The molecule has 2 heterocycles. The van der Waals surface area contributed by atoms with Gasteiger partial charge in [0.1, 0.15) is 5.82 Å². The number of carbonyl (C=O) groups excluding carboxylic acids is 2. The molecule has 3 aromatic rings. The van der Waals surface area contributed by atoms with Crippen LogP contribution in [0, 0.1) is 0 Å². The summed E-state index contributed by atoms with van der Waals surface area (Å²) in [5, 5.41) is 11.0. The van der Waals surface area contributed by atoms with Crippen molar-refractivity contribution in [2.75, 3.05) is 5.32 Å². The third kappa shape index (κ3) is 3.57. The molecule has 122 valence electrons. The average Bonchev–Trinajstić information content (AvgIpc) is 2.99. The first-order valence-corrected chi connectivity index (χ1v) is 7.62. The number of rotatable bonds is 6. The van der Waals surface area contributed by atoms with Gasteiger partial charge in [-0.3, -0.25) is 14.0 Å². The van der Waals surface area contributed by atoms with Crippen LogP contribution in [0.4, 0.5) is 5.69 Å². The number of anilines is 1. The second-order valence-corrected chi connectivity index (χ2v) is 5.39. The van der Waals surface area contributed by atoms with Crippen LogP contribution in [0.15, 0.2) is 48.7 Å². The monoisotopic (exact) mass is 323 g/mol. The van der Waals surface area contributed by atoms with Crippen molar-refractivity contribution in [3.05, 3.63) is 60.0 Å². The molecule has 0 spiro atoms. The van der Waals surface area contributed by atoms with Crippen LogP contribution in [-0.2, 0) is 11.2 Å². The minimum absolute atomic E-state index is 0.0874. The first kappa shape index (κ1) is 15.7. The van der Waals surface area contributed by atoms with Crippen LogP contribution in [0.5, 0.6) is 0 Å². The van der Waals surface area contributed by atoms with Gasteiger partial charge in [-0.2, -0.15) is 0 Å². The summed E-state index contributed by atoms with van der Waals surface area (Å²) in [5.41, 5.74) is 7.02. The summed E-state index contributed by atoms with van der Waals surface area (Å²) in [5.74, 6) is 0.258. The quantitative estimate of drug-likeness (QED) is 0.722. The summed E-state index contributed by atoms with van der Waals surface area (Å²) in [6, 6.07) is 12.2. The molecule has 2 amide bonds. The van der Waals surface area contributed by atoms with Crippen molar-refractivity contribution in [1.82, 2.24) is 14.6 Å². The molecular formula is C17H17N5O2. The SMILES string of the molecule is NC(=O)c1ccc(NC(=O)CCCc2nnc3ccccn23)cc1. The van der Waals surface area contributed by atoms with E-state index in [4.69, 9.17) is 5.73 Å². The number of benzene rings is 1. The summed E-state index contributed by atoms with van der Waals surface area (Å²) in [4.78, 5) is 23.0. The molecule has 3 N–H and O–H groups in total. The van der Waals surface area contributed by atoms with Crippen LogP contribution in [0.3, 0.4) is 0 Å². The maximum atomic E-state index is 12.0. The van der Waals surface area contributed by atoms with E-state index in [1.165, 1.54) is 0 Å². The predicted molar refractivity (Wildman–Crippen MR) is 89.5 cm³/mol. The number of hydrogen-bond acceptors (Lipinski definition) is 4. The summed E-state index contributed by atoms with van der Waals surface area (Å²) in [6.07, 6.45) is 3.62. The molecule has 0 atom stereocenters. The van der Waals surface area contributed by atoms with Gasteiger partial charge in [-0.05, 0) is 42.8 Å². The smallest absolute Gasteiger partial charge is 0.248 e. The number of nitrogens with two attached hydrogens (primary N) is 1. The molecule has 0 unspecified atom stereocenters. The second kappa shape index (κ2) is 6.91. The molecular weight excluding hydrogens is 306 g/mol. The molecule has 7 heteroatoms. The molecule has 0 aliphatic carbocycles. The highest BCUT2D eigenvalue weighted by Crippen LogP contribution is 2.11. The number of fused-ring (bicyclic) bond motifs is 1. The number of nitrogens with zero attached hydrogens (tertiary/aromatic N) is 3. The van der Waals surface area contributed by atoms with E-state index >= 15 is 0 Å². The fraction of sp³-hybridized carbons (Fsp3) is 0.176. The molecule has 0 saturated carbocycles. The fourth-order valence-electron chi connectivity index (χ4n) is 2.41. The Hall–Kier alpha value is -3.22. The minimum atomic E-state index is -0.492. The fourth-order valence-corrected chi connectivity index (χ4v) is 2.41. The number of aryl methyl sites for hydroxylation is 1. The molecule has 0 aliphatic rings. The summed E-state index contributed by atoms with van der Waals surface area (Å²) in [6.45, 7) is 0. The highest BCUT2D eigenvalue weighted by atomic mass is 16.1. The number of primary amides is 1. The van der Waals surface area contributed by atoms with Crippen molar-refractivity contribution in [3.63, 3.8) is 0 Å². The van der Waals surface area contributed by atoms with Crippen LogP contribution in [-0.4, -0.2) is 26.4 Å². The third-order valence-electron chi connectivity index (χ3n) is 3.64. The lowest BCUT2D eigenvalue weighted by molar-refractivity contribution is -0.116. The van der Waals surface area contributed by atoms with Crippen LogP contribution < -0.4 is 11.1 Å². The minimum Gasteiger partial charge on any atom is -0.366 e. The predicted octanol–water partition coefficient (Wildman–Crippen LogP) is 1.79. The number of hydrogen-bond donors (Lipinski definition) is 2. The van der Waals surface area contributed by atoms with Crippen molar-refractivity contribution in [3.8, 4) is 0 Å². The maximum Gasteiger partial charge on any atom is 0.248 e. The molecule has 0 radical (unpaired) electrons. The first-order valence-electron chi connectivity index (χ1n) is 7.62. The van der Waals surface area contributed by atoms with Gasteiger partial charge in [-0.1, -0.05) is 6.07 Å². The average molecular weight is 323 g/mol. The van der Waals surface area contributed by atoms with Gasteiger partial charge in [0.2, 0.25) is 11.8 Å². The Morgan fingerprint density at radius 3 is 2.62 bits per heavy atom. The highest BCUT2D eigenvalue weighted by Gasteiger charge is 2.07. The molecule has 2 aromatic heterocycles. The van der Waals surface area contributed by atoms with Crippen molar-refractivity contribution >= 4 is 23.1 Å². The number of amides is 2. The molecule has 0 aliphatic heterocycles. The molecule has 1 aromatic carbocycles. The van der Waals surface area contributed by atoms with Crippen molar-refractivity contribution < 1.29 is 9.59 Å². The van der Waals surface area contributed by atoms with Crippen molar-refractivity contribution in [1.29, 1.82) is 0 Å². The maximum absolute atomic E-state index is 12.0. The largest absolute Gasteiger partial charge is 0.366 e. The Balaban J connectivity index is 1.51. The van der Waals surface area contributed by atoms with Gasteiger partial charge in [0.05, 0.1) is 0 Å². The lowest BCUT2D eigenvalue weighted by Gasteiger charge is -2.05. The zero-order valence-corrected chi connectivity index (χ0v) is 13.0. The van der Waals surface area contributed by atoms with E-state index in [2.05, 4.69) is 15.5 Å². The van der Waals surface area contributed by atoms with E-state index in [0.29, 0.717) is 30.5 Å². The zero-order valence-electron chi connectivity index (χ0n) is 13.0. The number of nitrogens with one attached hydrogen (secondary N) is 1. The lowest BCUT2D eigenvalue weighted by Crippen LogP contribution is -2.13. The number of carbonyl (C=O) groups is 2. The standard InChI is InChI=1S/C17H17N5O2/c18-17(24)12-7-9-13(10-8-12)19-16(23)6-3-5-15-21-20-14-4-1-2-11-22(14)15/h1-2,4,7-11H,3,5-6H2,(H2,18,24)(H,19,23). The Labute approximate surface area is 138 Å². The molecule has 0 bridgehead atoms. The highest BCUT2D eigenvalue weighted by molar-refractivity contribution is 5.94. The van der Waals surface area contributed by atoms with E-state index in [1.807, 2.05) is 28.8 Å². The van der Waals surface area contributed by atoms with E-state index in [1.54, 1.807) is 24.3 Å². The lowest BCUT2D eigenvalue weighted by atomic mass is 10.2. The Bertz CT molecular complexity index is 870. The van der Waals surface area contributed by atoms with Gasteiger partial charge in [0, 0.05) is 30.3 Å². The van der Waals surface area contributed by atoms with Gasteiger partial charge in [-0.25, -0.2) is 0 Å². The van der Waals surface area contributed by atoms with Crippen LogP contribution in [0.2, 0.25) is 0 Å². The Morgan fingerprint density at radius 2 is 1.88 bits per heavy atom. The summed E-state index contributed by atoms with van der Waals surface area (Å²) >= 11 is 0. The first-order chi connectivity index (χ1) is 11.6. The topological polar surface area (TPSA) is 102 Å². The third-order valence-corrected chi connectivity index (χ3v) is 3.64. The van der Waals surface area contributed by atoms with Crippen molar-refractivity contribution in [2.45, 2.75) is 19.3 Å². The van der Waals surface area contributed by atoms with E-state index in [-0.39, 0.29) is 5.91 Å². The van der Waals surface area contributed by atoms with Crippen LogP contribution in [0.1, 0.15) is 29.0 Å². The summed E-state index contributed by atoms with van der Waals surface area (Å²) in [7, 11) is 0. The Kier molecular flexibility index (Phi) is 4.51. The van der Waals surface area contributed by atoms with Gasteiger partial charge in [-0.15, -0.1) is 10.2 Å². The van der Waals surface area contributed by atoms with Crippen molar-refractivity contribution in [2.24, 2.45) is 5.73 Å². The van der Waals surface area contributed by atoms with Crippen LogP contribution in [0.25, 0.3) is 5.65 Å². The van der Waals surface area contributed by atoms with Crippen LogP contribution >= 0.6 is 0 Å². The van der Waals surface area contributed by atoms with Gasteiger partial charge >= 0.3 is 0 Å². The molecule has 0 fully saturated rings. The van der Waals surface area contributed by atoms with E-state index in [0.717, 1.165) is 11.5 Å². The number of aromatic nitrogens is 3. The number of pyridine rings is 1. The summed E-state index contributed by atoms with van der Waals surface area (Å²) < 4.78 is 1.92. The van der Waals surface area contributed by atoms with E-state index < -0.39 is 5.91 Å². The van der Waals surface area contributed by atoms with Gasteiger partial charge in [0.25, 0.3) is 0 Å². The second-order valence-electron chi connectivity index (χ2n) is 5.39. The zero-order chi connectivity index (χ0) is 16.9. The molecule has 0 saturated heterocycles. The van der Waals surface area contributed by atoms with Gasteiger partial charge < -0.3 is 11.1 Å². The molecule has 24 heavy (non-hydrogen) atoms. The normalized spacial score (nSPS) is 10.7. The Morgan fingerprint density at radius 1 is 1.08 bits per heavy atom.